The minimum Gasteiger partial charge on any atom is -0.475 e. The van der Waals surface area contributed by atoms with Gasteiger partial charge in [0.25, 0.3) is 0 Å². The number of carboxylic acid groups (broad SMARTS) is 1. The number of carboxylic acids is 1. The van der Waals surface area contributed by atoms with Crippen LogP contribution < -0.4 is 10.6 Å². The Labute approximate surface area is 177 Å². The van der Waals surface area contributed by atoms with Crippen molar-refractivity contribution >= 4 is 17.8 Å². The number of carbonyl (C=O) groups is 3. The summed E-state index contributed by atoms with van der Waals surface area (Å²) in [5, 5.41) is 12.6. The zero-order valence-electron chi connectivity index (χ0n) is 16.7. The van der Waals surface area contributed by atoms with Crippen LogP contribution >= 0.6 is 0 Å². The van der Waals surface area contributed by atoms with Crippen LogP contribution in [0.3, 0.4) is 0 Å². The Morgan fingerprint density at radius 2 is 1.45 bits per heavy atom. The fraction of sp³-hybridized carbons (Fsp3) is 0.286. The average Bonchev–Trinajstić information content (AvgIpc) is 2.73. The number of alkyl halides is 3. The van der Waals surface area contributed by atoms with E-state index in [9.17, 15) is 22.8 Å². The first-order valence-corrected chi connectivity index (χ1v) is 9.12. The molecular formula is C21H23F3N2O5. The van der Waals surface area contributed by atoms with Gasteiger partial charge in [0.2, 0.25) is 5.91 Å². The summed E-state index contributed by atoms with van der Waals surface area (Å²) < 4.78 is 37.1. The molecule has 168 valence electrons. The molecule has 1 amide bonds. The smallest absolute Gasteiger partial charge is 0.475 e. The molecule has 0 saturated heterocycles. The van der Waals surface area contributed by atoms with Gasteiger partial charge in [-0.3, -0.25) is 4.79 Å². The van der Waals surface area contributed by atoms with Crippen molar-refractivity contribution in [2.75, 3.05) is 13.6 Å². The van der Waals surface area contributed by atoms with E-state index >= 15 is 0 Å². The van der Waals surface area contributed by atoms with Crippen LogP contribution in [0.4, 0.5) is 13.2 Å². The molecule has 3 N–H and O–H groups in total. The lowest BCUT2D eigenvalue weighted by Crippen LogP contribution is -2.46. The Balaban J connectivity index is 0.000000592. The molecule has 0 aromatic heterocycles. The number of esters is 1. The molecule has 31 heavy (non-hydrogen) atoms. The highest BCUT2D eigenvalue weighted by molar-refractivity contribution is 5.85. The number of aliphatic carboxylic acids is 1. The number of hydrogen-bond donors (Lipinski definition) is 3. The number of rotatable bonds is 8. The minimum atomic E-state index is -5.08. The van der Waals surface area contributed by atoms with E-state index in [1.54, 1.807) is 7.05 Å². The molecule has 2 aromatic rings. The maximum atomic E-state index is 12.4. The van der Waals surface area contributed by atoms with Crippen molar-refractivity contribution in [1.29, 1.82) is 0 Å². The van der Waals surface area contributed by atoms with Gasteiger partial charge in [0.1, 0.15) is 12.6 Å². The average molecular weight is 440 g/mol. The monoisotopic (exact) mass is 440 g/mol. The van der Waals surface area contributed by atoms with Crippen LogP contribution in [0.15, 0.2) is 60.7 Å². The van der Waals surface area contributed by atoms with Gasteiger partial charge in [-0.1, -0.05) is 60.7 Å². The highest BCUT2D eigenvalue weighted by Crippen LogP contribution is 2.13. The summed E-state index contributed by atoms with van der Waals surface area (Å²) >= 11 is 0. The molecule has 0 radical (unpaired) electrons. The lowest BCUT2D eigenvalue weighted by Gasteiger charge is -2.18. The highest BCUT2D eigenvalue weighted by Gasteiger charge is 2.38. The minimum absolute atomic E-state index is 0.150. The van der Waals surface area contributed by atoms with Crippen LogP contribution in [0.1, 0.15) is 11.1 Å². The topological polar surface area (TPSA) is 105 Å². The predicted octanol–water partition coefficient (Wildman–Crippen LogP) is 2.31. The van der Waals surface area contributed by atoms with Gasteiger partial charge in [0.15, 0.2) is 0 Å². The summed E-state index contributed by atoms with van der Waals surface area (Å²) in [7, 11) is 1.68. The van der Waals surface area contributed by atoms with Crippen molar-refractivity contribution in [1.82, 2.24) is 10.6 Å². The van der Waals surface area contributed by atoms with Crippen molar-refractivity contribution in [3.63, 3.8) is 0 Å². The summed E-state index contributed by atoms with van der Waals surface area (Å²) in [4.78, 5) is 33.1. The van der Waals surface area contributed by atoms with Crippen molar-refractivity contribution in [2.45, 2.75) is 25.2 Å². The third-order valence-corrected chi connectivity index (χ3v) is 3.71. The van der Waals surface area contributed by atoms with E-state index in [0.717, 1.165) is 11.1 Å². The summed E-state index contributed by atoms with van der Waals surface area (Å²) in [6, 6.07) is 18.3. The number of nitrogens with one attached hydrogen (secondary N) is 2. The SMILES string of the molecule is CNCC(=O)NC(Cc1ccccc1)C(=O)OCc1ccccc1.O=C(O)C(F)(F)F. The number of amides is 1. The molecule has 10 heteroatoms. The summed E-state index contributed by atoms with van der Waals surface area (Å²) in [6.45, 7) is 0.337. The first-order valence-electron chi connectivity index (χ1n) is 9.12. The number of hydrogen-bond acceptors (Lipinski definition) is 5. The quantitative estimate of drug-likeness (QED) is 0.545. The molecule has 7 nitrogen and oxygen atoms in total. The Bertz CT molecular complexity index is 830. The first kappa shape index (κ1) is 25.6. The molecular weight excluding hydrogens is 417 g/mol. The highest BCUT2D eigenvalue weighted by atomic mass is 19.4. The van der Waals surface area contributed by atoms with Crippen molar-refractivity contribution in [3.05, 3.63) is 71.8 Å². The Morgan fingerprint density at radius 1 is 0.968 bits per heavy atom. The van der Waals surface area contributed by atoms with Crippen LogP contribution in [-0.2, 0) is 32.1 Å². The van der Waals surface area contributed by atoms with Gasteiger partial charge in [-0.25, -0.2) is 9.59 Å². The second kappa shape index (κ2) is 13.0. The fourth-order valence-electron chi connectivity index (χ4n) is 2.28. The van der Waals surface area contributed by atoms with E-state index in [2.05, 4.69) is 10.6 Å². The zero-order chi connectivity index (χ0) is 23.3. The molecule has 0 fully saturated rings. The van der Waals surface area contributed by atoms with E-state index in [1.807, 2.05) is 60.7 Å². The molecule has 1 unspecified atom stereocenters. The first-order chi connectivity index (χ1) is 14.6. The molecule has 0 saturated carbocycles. The molecule has 0 bridgehead atoms. The molecule has 1 atom stereocenters. The molecule has 2 rings (SSSR count). The van der Waals surface area contributed by atoms with E-state index in [1.165, 1.54) is 0 Å². The van der Waals surface area contributed by atoms with Crippen LogP contribution in [0.5, 0.6) is 0 Å². The standard InChI is InChI=1S/C19H22N2O3.C2HF3O2/c1-20-13-18(22)21-17(12-15-8-4-2-5-9-15)19(23)24-14-16-10-6-3-7-11-16;3-2(4,5)1(6)7/h2-11,17,20H,12-14H2,1H3,(H,21,22);(H,6,7). The Kier molecular flexibility index (Phi) is 10.8. The van der Waals surface area contributed by atoms with E-state index in [4.69, 9.17) is 14.6 Å². The number of benzene rings is 2. The fourth-order valence-corrected chi connectivity index (χ4v) is 2.28. The molecule has 2 aromatic carbocycles. The van der Waals surface area contributed by atoms with Crippen LogP contribution in [-0.4, -0.2) is 48.8 Å². The maximum absolute atomic E-state index is 12.4. The zero-order valence-corrected chi connectivity index (χ0v) is 16.7. The van der Waals surface area contributed by atoms with E-state index in [0.29, 0.717) is 6.42 Å². The molecule has 0 heterocycles. The summed E-state index contributed by atoms with van der Waals surface area (Å²) in [5.74, 6) is -3.44. The third-order valence-electron chi connectivity index (χ3n) is 3.71. The van der Waals surface area contributed by atoms with Crippen LogP contribution in [0.2, 0.25) is 0 Å². The van der Waals surface area contributed by atoms with E-state index < -0.39 is 24.2 Å². The predicted molar refractivity (Wildman–Crippen MR) is 106 cm³/mol. The van der Waals surface area contributed by atoms with Crippen molar-refractivity contribution < 1.29 is 37.4 Å². The molecule has 0 aliphatic carbocycles. The lowest BCUT2D eigenvalue weighted by molar-refractivity contribution is -0.192. The largest absolute Gasteiger partial charge is 0.490 e. The van der Waals surface area contributed by atoms with Gasteiger partial charge in [-0.15, -0.1) is 0 Å². The number of likely N-dealkylation sites (N-methyl/N-ethyl adjacent to an activating group) is 1. The van der Waals surface area contributed by atoms with Gasteiger partial charge >= 0.3 is 18.1 Å². The van der Waals surface area contributed by atoms with Gasteiger partial charge in [-0.2, -0.15) is 13.2 Å². The normalized spacial score (nSPS) is 11.5. The van der Waals surface area contributed by atoms with Crippen molar-refractivity contribution in [3.8, 4) is 0 Å². The van der Waals surface area contributed by atoms with Gasteiger partial charge in [0.05, 0.1) is 6.54 Å². The summed E-state index contributed by atoms with van der Waals surface area (Å²) in [5.41, 5.74) is 1.87. The van der Waals surface area contributed by atoms with E-state index in [-0.39, 0.29) is 19.1 Å². The molecule has 0 aliphatic heterocycles. The lowest BCUT2D eigenvalue weighted by atomic mass is 10.1. The van der Waals surface area contributed by atoms with Crippen LogP contribution in [0, 0.1) is 0 Å². The number of ether oxygens (including phenoxy) is 1. The Hall–Kier alpha value is -3.40. The second-order valence-electron chi connectivity index (χ2n) is 6.24. The second-order valence-corrected chi connectivity index (χ2v) is 6.24. The molecule has 0 aliphatic rings. The third kappa shape index (κ3) is 10.8. The van der Waals surface area contributed by atoms with Gasteiger partial charge in [0, 0.05) is 6.42 Å². The number of carbonyl (C=O) groups excluding carboxylic acids is 2. The van der Waals surface area contributed by atoms with Gasteiger partial charge in [-0.05, 0) is 18.2 Å². The Morgan fingerprint density at radius 3 is 1.90 bits per heavy atom. The van der Waals surface area contributed by atoms with Crippen LogP contribution in [0.25, 0.3) is 0 Å². The number of halogens is 3. The molecule has 0 spiro atoms. The maximum Gasteiger partial charge on any atom is 0.490 e. The van der Waals surface area contributed by atoms with Gasteiger partial charge < -0.3 is 20.5 Å². The van der Waals surface area contributed by atoms with Crippen molar-refractivity contribution in [2.24, 2.45) is 0 Å². The summed E-state index contributed by atoms with van der Waals surface area (Å²) in [6.07, 6.45) is -4.69.